The Bertz CT molecular complexity index is 1280. The van der Waals surface area contributed by atoms with E-state index in [1.165, 1.54) is 23.9 Å². The number of halogens is 1. The number of non-ortho nitro benzene ring substituents is 1. The Balaban J connectivity index is 1.60. The minimum atomic E-state index is -0.453. The molecule has 1 aromatic heterocycles. The SMILES string of the molecule is O=C(NCc1nnc(SCc2ccccc2)n1-c1ccc([N+](=O)[O-])cc1)c1ccccc1Cl. The highest BCUT2D eigenvalue weighted by Gasteiger charge is 2.17. The van der Waals surface area contributed by atoms with Crippen LogP contribution in [-0.4, -0.2) is 25.6 Å². The molecule has 0 aliphatic heterocycles. The maximum atomic E-state index is 12.6. The molecule has 4 aromatic rings. The first-order chi connectivity index (χ1) is 16.0. The van der Waals surface area contributed by atoms with Crippen LogP contribution in [0.1, 0.15) is 21.7 Å². The number of carbonyl (C=O) groups is 1. The number of hydrogen-bond donors (Lipinski definition) is 1. The summed E-state index contributed by atoms with van der Waals surface area (Å²) < 4.78 is 1.78. The van der Waals surface area contributed by atoms with Crippen LogP contribution in [-0.2, 0) is 12.3 Å². The Labute approximate surface area is 198 Å². The van der Waals surface area contributed by atoms with Gasteiger partial charge in [0, 0.05) is 23.6 Å². The Kier molecular flexibility index (Phi) is 7.01. The van der Waals surface area contributed by atoms with Crippen LogP contribution >= 0.6 is 23.4 Å². The molecular weight excluding hydrogens is 462 g/mol. The zero-order chi connectivity index (χ0) is 23.2. The second kappa shape index (κ2) is 10.3. The summed E-state index contributed by atoms with van der Waals surface area (Å²) in [4.78, 5) is 23.2. The summed E-state index contributed by atoms with van der Waals surface area (Å²) >= 11 is 7.60. The molecule has 1 heterocycles. The molecule has 4 rings (SSSR count). The molecule has 10 heteroatoms. The summed E-state index contributed by atoms with van der Waals surface area (Å²) in [6.45, 7) is 0.0972. The fraction of sp³-hybridized carbons (Fsp3) is 0.0870. The number of aromatic nitrogens is 3. The van der Waals surface area contributed by atoms with Gasteiger partial charge in [-0.05, 0) is 29.8 Å². The van der Waals surface area contributed by atoms with Crippen LogP contribution in [0.5, 0.6) is 0 Å². The molecule has 0 aliphatic carbocycles. The Morgan fingerprint density at radius 3 is 2.39 bits per heavy atom. The molecular formula is C23H18ClN5O3S. The average Bonchev–Trinajstić information content (AvgIpc) is 3.25. The van der Waals surface area contributed by atoms with Crippen molar-refractivity contribution in [1.29, 1.82) is 0 Å². The smallest absolute Gasteiger partial charge is 0.269 e. The van der Waals surface area contributed by atoms with E-state index in [-0.39, 0.29) is 18.1 Å². The second-order valence-corrected chi connectivity index (χ2v) is 8.29. The van der Waals surface area contributed by atoms with Gasteiger partial charge in [-0.1, -0.05) is 65.8 Å². The Morgan fingerprint density at radius 1 is 1.00 bits per heavy atom. The molecule has 1 N–H and O–H groups in total. The maximum absolute atomic E-state index is 12.6. The summed E-state index contributed by atoms with van der Waals surface area (Å²) in [6, 6.07) is 22.8. The summed E-state index contributed by atoms with van der Waals surface area (Å²) in [5, 5.41) is 23.4. The molecule has 0 atom stereocenters. The molecule has 0 spiro atoms. The van der Waals surface area contributed by atoms with Crippen molar-refractivity contribution < 1.29 is 9.72 Å². The van der Waals surface area contributed by atoms with E-state index in [0.717, 1.165) is 5.56 Å². The van der Waals surface area contributed by atoms with E-state index in [2.05, 4.69) is 15.5 Å². The third-order valence-electron chi connectivity index (χ3n) is 4.76. The van der Waals surface area contributed by atoms with Gasteiger partial charge < -0.3 is 5.32 Å². The molecule has 0 saturated heterocycles. The van der Waals surface area contributed by atoms with Crippen molar-refractivity contribution in [3.63, 3.8) is 0 Å². The third kappa shape index (κ3) is 5.39. The van der Waals surface area contributed by atoms with Crippen molar-refractivity contribution in [2.75, 3.05) is 0 Å². The minimum absolute atomic E-state index is 0.0149. The lowest BCUT2D eigenvalue weighted by molar-refractivity contribution is -0.384. The van der Waals surface area contributed by atoms with E-state index in [0.29, 0.717) is 33.0 Å². The first-order valence-corrected chi connectivity index (χ1v) is 11.3. The van der Waals surface area contributed by atoms with Crippen LogP contribution in [0.2, 0.25) is 5.02 Å². The van der Waals surface area contributed by atoms with Gasteiger partial charge in [0.25, 0.3) is 11.6 Å². The number of rotatable bonds is 8. The molecule has 0 aliphatic rings. The minimum Gasteiger partial charge on any atom is -0.345 e. The largest absolute Gasteiger partial charge is 0.345 e. The predicted molar refractivity (Wildman–Crippen MR) is 127 cm³/mol. The summed E-state index contributed by atoms with van der Waals surface area (Å²) in [5.74, 6) is 0.815. The third-order valence-corrected chi connectivity index (χ3v) is 6.09. The van der Waals surface area contributed by atoms with Gasteiger partial charge in [0.15, 0.2) is 11.0 Å². The van der Waals surface area contributed by atoms with E-state index in [1.54, 1.807) is 41.0 Å². The standard InChI is InChI=1S/C23H18ClN5O3S/c24-20-9-5-4-8-19(20)22(30)25-14-21-26-27-23(33-15-16-6-2-1-3-7-16)28(21)17-10-12-18(13-11-17)29(31)32/h1-13H,14-15H2,(H,25,30). The van der Waals surface area contributed by atoms with Gasteiger partial charge in [-0.25, -0.2) is 0 Å². The number of nitrogens with zero attached hydrogens (tertiary/aromatic N) is 4. The van der Waals surface area contributed by atoms with Crippen molar-refractivity contribution in [3.8, 4) is 5.69 Å². The van der Waals surface area contributed by atoms with Crippen molar-refractivity contribution in [2.45, 2.75) is 17.5 Å². The van der Waals surface area contributed by atoms with Crippen LogP contribution < -0.4 is 5.32 Å². The number of nitrogens with one attached hydrogen (secondary N) is 1. The van der Waals surface area contributed by atoms with E-state index in [4.69, 9.17) is 11.6 Å². The Morgan fingerprint density at radius 2 is 1.70 bits per heavy atom. The van der Waals surface area contributed by atoms with Gasteiger partial charge in [0.05, 0.1) is 22.1 Å². The quantitative estimate of drug-likeness (QED) is 0.215. The van der Waals surface area contributed by atoms with Gasteiger partial charge in [-0.2, -0.15) is 0 Å². The van der Waals surface area contributed by atoms with E-state index in [9.17, 15) is 14.9 Å². The van der Waals surface area contributed by atoms with E-state index < -0.39 is 4.92 Å². The number of nitro benzene ring substituents is 1. The molecule has 1 amide bonds. The van der Waals surface area contributed by atoms with Gasteiger partial charge >= 0.3 is 0 Å². The highest BCUT2D eigenvalue weighted by atomic mass is 35.5. The normalized spacial score (nSPS) is 10.7. The molecule has 0 saturated carbocycles. The van der Waals surface area contributed by atoms with Crippen molar-refractivity contribution in [2.24, 2.45) is 0 Å². The number of carbonyl (C=O) groups excluding carboxylic acids is 1. The monoisotopic (exact) mass is 479 g/mol. The summed E-state index contributed by atoms with van der Waals surface area (Å²) in [5.41, 5.74) is 2.12. The van der Waals surface area contributed by atoms with E-state index in [1.807, 2.05) is 30.3 Å². The lowest BCUT2D eigenvalue weighted by Gasteiger charge is -2.11. The summed E-state index contributed by atoms with van der Waals surface area (Å²) in [7, 11) is 0. The topological polar surface area (TPSA) is 103 Å². The van der Waals surface area contributed by atoms with Crippen LogP contribution in [0, 0.1) is 10.1 Å². The first kappa shape index (κ1) is 22.5. The number of amides is 1. The molecule has 8 nitrogen and oxygen atoms in total. The first-order valence-electron chi connectivity index (χ1n) is 9.91. The predicted octanol–water partition coefficient (Wildman–Crippen LogP) is 5.05. The zero-order valence-corrected chi connectivity index (χ0v) is 18.8. The molecule has 0 fully saturated rings. The summed E-state index contributed by atoms with van der Waals surface area (Å²) in [6.07, 6.45) is 0. The number of nitro groups is 1. The van der Waals surface area contributed by atoms with Crippen molar-refractivity contribution >= 4 is 35.0 Å². The lowest BCUT2D eigenvalue weighted by Crippen LogP contribution is -2.25. The van der Waals surface area contributed by atoms with Gasteiger partial charge in [0.2, 0.25) is 0 Å². The molecule has 166 valence electrons. The fourth-order valence-corrected chi connectivity index (χ4v) is 4.26. The van der Waals surface area contributed by atoms with Crippen LogP contribution in [0.25, 0.3) is 5.69 Å². The maximum Gasteiger partial charge on any atom is 0.269 e. The lowest BCUT2D eigenvalue weighted by atomic mass is 10.2. The van der Waals surface area contributed by atoms with Crippen molar-refractivity contribution in [1.82, 2.24) is 20.1 Å². The second-order valence-electron chi connectivity index (χ2n) is 6.94. The van der Waals surface area contributed by atoms with Gasteiger partial charge in [-0.15, -0.1) is 10.2 Å². The molecule has 0 unspecified atom stereocenters. The highest BCUT2D eigenvalue weighted by Crippen LogP contribution is 2.26. The average molecular weight is 480 g/mol. The highest BCUT2D eigenvalue weighted by molar-refractivity contribution is 7.98. The zero-order valence-electron chi connectivity index (χ0n) is 17.2. The van der Waals surface area contributed by atoms with E-state index >= 15 is 0 Å². The number of hydrogen-bond acceptors (Lipinski definition) is 6. The van der Waals surface area contributed by atoms with Gasteiger partial charge in [-0.3, -0.25) is 19.5 Å². The molecule has 0 radical (unpaired) electrons. The van der Waals surface area contributed by atoms with Crippen molar-refractivity contribution in [3.05, 3.63) is 111 Å². The fourth-order valence-electron chi connectivity index (χ4n) is 3.11. The number of benzene rings is 3. The van der Waals surface area contributed by atoms with Gasteiger partial charge in [0.1, 0.15) is 0 Å². The Hall–Kier alpha value is -3.69. The molecule has 33 heavy (non-hydrogen) atoms. The molecule has 3 aromatic carbocycles. The van der Waals surface area contributed by atoms with Crippen LogP contribution in [0.15, 0.2) is 84.0 Å². The van der Waals surface area contributed by atoms with Crippen LogP contribution in [0.4, 0.5) is 5.69 Å². The number of thioether (sulfide) groups is 1. The van der Waals surface area contributed by atoms with Crippen LogP contribution in [0.3, 0.4) is 0 Å². The molecule has 0 bridgehead atoms.